The van der Waals surface area contributed by atoms with E-state index in [0.717, 1.165) is 17.6 Å². The van der Waals surface area contributed by atoms with E-state index in [9.17, 15) is 9.59 Å². The molecule has 2 atom stereocenters. The molecule has 25 heavy (non-hydrogen) atoms. The highest BCUT2D eigenvalue weighted by Gasteiger charge is 2.27. The van der Waals surface area contributed by atoms with Crippen LogP contribution in [0.3, 0.4) is 0 Å². The number of nitrogens with zero attached hydrogens (tertiary/aromatic N) is 3. The number of aryl methyl sites for hydroxylation is 2. The molecule has 3 rings (SSSR count). The van der Waals surface area contributed by atoms with Gasteiger partial charge in [-0.2, -0.15) is 0 Å². The summed E-state index contributed by atoms with van der Waals surface area (Å²) in [6, 6.07) is 6.04. The maximum absolute atomic E-state index is 12.6. The lowest BCUT2D eigenvalue weighted by Crippen LogP contribution is -2.57. The Balaban J connectivity index is 0.00000225. The zero-order valence-corrected chi connectivity index (χ0v) is 15.7. The van der Waals surface area contributed by atoms with Crippen molar-refractivity contribution in [3.05, 3.63) is 40.4 Å². The molecule has 1 aromatic carbocycles. The molecular formula is C18H25ClN4O2. The minimum absolute atomic E-state index is 0. The lowest BCUT2D eigenvalue weighted by molar-refractivity contribution is -0.135. The molecule has 0 radical (unpaired) electrons. The summed E-state index contributed by atoms with van der Waals surface area (Å²) in [5.74, 6) is 0.0899. The third-order valence-electron chi connectivity index (χ3n) is 4.98. The highest BCUT2D eigenvalue weighted by atomic mass is 35.5. The van der Waals surface area contributed by atoms with Crippen LogP contribution in [-0.2, 0) is 11.3 Å². The van der Waals surface area contributed by atoms with Crippen LogP contribution >= 0.6 is 12.4 Å². The lowest BCUT2D eigenvalue weighted by Gasteiger charge is -2.38. The van der Waals surface area contributed by atoms with Crippen LogP contribution in [0.4, 0.5) is 0 Å². The second-order valence-corrected chi connectivity index (χ2v) is 6.53. The van der Waals surface area contributed by atoms with Crippen molar-refractivity contribution < 1.29 is 4.79 Å². The average Bonchev–Trinajstić information content (AvgIpc) is 2.57. The first-order chi connectivity index (χ1) is 11.5. The van der Waals surface area contributed by atoms with E-state index in [1.165, 1.54) is 4.57 Å². The Labute approximate surface area is 153 Å². The smallest absolute Gasteiger partial charge is 0.261 e. The van der Waals surface area contributed by atoms with Gasteiger partial charge < -0.3 is 10.2 Å². The van der Waals surface area contributed by atoms with Crippen molar-refractivity contribution in [2.75, 3.05) is 13.1 Å². The van der Waals surface area contributed by atoms with Crippen LogP contribution in [0, 0.1) is 6.92 Å². The highest BCUT2D eigenvalue weighted by molar-refractivity contribution is 5.85. The number of halogens is 1. The van der Waals surface area contributed by atoms with E-state index in [2.05, 4.69) is 24.1 Å². The molecule has 136 valence electrons. The average molecular weight is 365 g/mol. The van der Waals surface area contributed by atoms with Gasteiger partial charge in [-0.3, -0.25) is 14.2 Å². The van der Waals surface area contributed by atoms with E-state index in [4.69, 9.17) is 0 Å². The molecule has 1 N–H and O–H groups in total. The number of fused-ring (bicyclic) bond motifs is 1. The van der Waals surface area contributed by atoms with Crippen molar-refractivity contribution in [2.45, 2.75) is 45.8 Å². The third-order valence-corrected chi connectivity index (χ3v) is 4.98. The molecule has 1 amide bonds. The van der Waals surface area contributed by atoms with Crippen molar-refractivity contribution in [3.8, 4) is 0 Å². The summed E-state index contributed by atoms with van der Waals surface area (Å²) >= 11 is 0. The van der Waals surface area contributed by atoms with Gasteiger partial charge in [-0.15, -0.1) is 12.4 Å². The van der Waals surface area contributed by atoms with Crippen LogP contribution < -0.4 is 10.9 Å². The summed E-state index contributed by atoms with van der Waals surface area (Å²) in [5, 5.41) is 3.97. The van der Waals surface area contributed by atoms with Gasteiger partial charge >= 0.3 is 0 Å². The van der Waals surface area contributed by atoms with Crippen molar-refractivity contribution >= 4 is 29.2 Å². The molecule has 7 heteroatoms. The molecule has 0 bridgehead atoms. The number of piperazine rings is 1. The maximum atomic E-state index is 12.6. The number of benzene rings is 1. The van der Waals surface area contributed by atoms with Crippen LogP contribution in [0.1, 0.15) is 25.8 Å². The van der Waals surface area contributed by atoms with Crippen molar-refractivity contribution in [1.82, 2.24) is 19.8 Å². The van der Waals surface area contributed by atoms with E-state index >= 15 is 0 Å². The molecule has 1 aliphatic rings. The quantitative estimate of drug-likeness (QED) is 0.900. The Morgan fingerprint density at radius 3 is 2.88 bits per heavy atom. The first-order valence-electron chi connectivity index (χ1n) is 8.46. The van der Waals surface area contributed by atoms with Gasteiger partial charge in [-0.05, 0) is 32.4 Å². The summed E-state index contributed by atoms with van der Waals surface area (Å²) in [6.07, 6.45) is 1.87. The molecule has 2 aromatic rings. The fourth-order valence-electron chi connectivity index (χ4n) is 3.27. The van der Waals surface area contributed by atoms with Gasteiger partial charge in [0.1, 0.15) is 0 Å². The van der Waals surface area contributed by atoms with Gasteiger partial charge in [0.05, 0.1) is 17.2 Å². The number of nitrogens with one attached hydrogen (secondary N) is 1. The predicted octanol–water partition coefficient (Wildman–Crippen LogP) is 1.73. The summed E-state index contributed by atoms with van der Waals surface area (Å²) in [7, 11) is 0. The fourth-order valence-corrected chi connectivity index (χ4v) is 3.27. The number of hydrogen-bond donors (Lipinski definition) is 1. The third kappa shape index (κ3) is 3.85. The summed E-state index contributed by atoms with van der Waals surface area (Å²) < 4.78 is 1.54. The number of amides is 1. The maximum Gasteiger partial charge on any atom is 0.261 e. The van der Waals surface area contributed by atoms with Crippen LogP contribution in [0.5, 0.6) is 0 Å². The summed E-state index contributed by atoms with van der Waals surface area (Å²) in [6.45, 7) is 7.98. The molecule has 1 aromatic heterocycles. The van der Waals surface area contributed by atoms with Crippen molar-refractivity contribution in [1.29, 1.82) is 0 Å². The number of para-hydroxylation sites is 1. The Morgan fingerprint density at radius 2 is 2.12 bits per heavy atom. The van der Waals surface area contributed by atoms with Gasteiger partial charge in [0.15, 0.2) is 0 Å². The van der Waals surface area contributed by atoms with Crippen LogP contribution in [0.2, 0.25) is 0 Å². The fraction of sp³-hybridized carbons (Fsp3) is 0.500. The number of aromatic nitrogens is 2. The number of hydrogen-bond acceptors (Lipinski definition) is 4. The molecule has 0 spiro atoms. The van der Waals surface area contributed by atoms with Crippen LogP contribution in [0.25, 0.3) is 10.9 Å². The summed E-state index contributed by atoms with van der Waals surface area (Å²) in [4.78, 5) is 31.4. The standard InChI is InChI=1S/C18H24N4O2.ClH/c1-12-5-4-6-15-17(12)20-11-21(18(15)24)9-7-16(23)22-10-8-19-13(2)14(22)3;/h4-6,11,13-14,19H,7-10H2,1-3H3;1H. The second-order valence-electron chi connectivity index (χ2n) is 6.53. The van der Waals surface area contributed by atoms with E-state index < -0.39 is 0 Å². The molecule has 0 aliphatic carbocycles. The normalized spacial score (nSPS) is 20.4. The highest BCUT2D eigenvalue weighted by Crippen LogP contribution is 2.13. The number of rotatable bonds is 3. The van der Waals surface area contributed by atoms with Gasteiger partial charge in [0.25, 0.3) is 5.56 Å². The number of carbonyl (C=O) groups is 1. The zero-order valence-electron chi connectivity index (χ0n) is 14.9. The van der Waals surface area contributed by atoms with Gasteiger partial charge in [-0.25, -0.2) is 4.98 Å². The first-order valence-corrected chi connectivity index (χ1v) is 8.46. The largest absolute Gasteiger partial charge is 0.337 e. The monoisotopic (exact) mass is 364 g/mol. The molecule has 1 aliphatic heterocycles. The molecule has 1 fully saturated rings. The Kier molecular flexibility index (Phi) is 6.19. The molecule has 1 saturated heterocycles. The second kappa shape index (κ2) is 7.97. The van der Waals surface area contributed by atoms with E-state index in [1.807, 2.05) is 24.0 Å². The topological polar surface area (TPSA) is 67.2 Å². The molecular weight excluding hydrogens is 340 g/mol. The first kappa shape index (κ1) is 19.4. The van der Waals surface area contributed by atoms with Crippen molar-refractivity contribution in [2.24, 2.45) is 0 Å². The Hall–Kier alpha value is -1.92. The van der Waals surface area contributed by atoms with Crippen LogP contribution in [-0.4, -0.2) is 45.5 Å². The van der Waals surface area contributed by atoms with E-state index in [1.54, 1.807) is 12.4 Å². The molecule has 2 heterocycles. The van der Waals surface area contributed by atoms with Gasteiger partial charge in [0, 0.05) is 38.1 Å². The lowest BCUT2D eigenvalue weighted by atomic mass is 10.1. The van der Waals surface area contributed by atoms with Gasteiger partial charge in [0.2, 0.25) is 5.91 Å². The molecule has 2 unspecified atom stereocenters. The van der Waals surface area contributed by atoms with E-state index in [0.29, 0.717) is 24.9 Å². The minimum Gasteiger partial charge on any atom is -0.337 e. The Bertz CT molecular complexity index is 820. The predicted molar refractivity (Wildman–Crippen MR) is 101 cm³/mol. The van der Waals surface area contributed by atoms with Crippen LogP contribution in [0.15, 0.2) is 29.3 Å². The zero-order chi connectivity index (χ0) is 17.3. The minimum atomic E-state index is -0.0850. The molecule has 6 nitrogen and oxygen atoms in total. The summed E-state index contributed by atoms with van der Waals surface area (Å²) in [5.41, 5.74) is 1.63. The van der Waals surface area contributed by atoms with Gasteiger partial charge in [-0.1, -0.05) is 12.1 Å². The van der Waals surface area contributed by atoms with E-state index in [-0.39, 0.29) is 36.0 Å². The number of carbonyl (C=O) groups excluding carboxylic acids is 1. The SMILES string of the molecule is Cc1cccc2c(=O)n(CCC(=O)N3CCNC(C)C3C)cnc12.Cl. The molecule has 0 saturated carbocycles. The Morgan fingerprint density at radius 1 is 1.36 bits per heavy atom. The van der Waals surface area contributed by atoms with Crippen molar-refractivity contribution in [3.63, 3.8) is 0 Å².